The Bertz CT molecular complexity index is 2300. The fourth-order valence-corrected chi connectivity index (χ4v) is 7.32. The summed E-state index contributed by atoms with van der Waals surface area (Å²) in [6, 6.07) is 43.9. The fraction of sp³-hybridized carbons (Fsp3) is 0. The van der Waals surface area contributed by atoms with Crippen molar-refractivity contribution in [3.63, 3.8) is 0 Å². The standard InChI is InChI=1S/C38H22N4/c1-5-13-29-23(9-1)24-10-2-6-14-30(24)41(29)33-19-17-27-35-28(38-37(27)39-21-22-40-38)18-20-34(36(33)35)42-31-15-7-3-11-25(31)26-12-4-8-16-32(26)42/h1-22H. The minimum absolute atomic E-state index is 0.950. The van der Waals surface area contributed by atoms with Gasteiger partial charge in [-0.05, 0) is 48.5 Å². The van der Waals surface area contributed by atoms with Crippen LogP contribution in [0.1, 0.15) is 0 Å². The van der Waals surface area contributed by atoms with E-state index in [9.17, 15) is 0 Å². The third-order valence-corrected chi connectivity index (χ3v) is 8.97. The second kappa shape index (κ2) is 7.93. The summed E-state index contributed by atoms with van der Waals surface area (Å²) in [4.78, 5) is 9.62. The van der Waals surface area contributed by atoms with E-state index in [1.807, 2.05) is 0 Å². The Morgan fingerprint density at radius 3 is 1.10 bits per heavy atom. The Labute approximate surface area is 240 Å². The van der Waals surface area contributed by atoms with E-state index in [0.29, 0.717) is 0 Å². The third kappa shape index (κ3) is 2.66. The van der Waals surface area contributed by atoms with Gasteiger partial charge in [0.2, 0.25) is 0 Å². The molecule has 0 radical (unpaired) electrons. The number of hydrogen-bond donors (Lipinski definition) is 0. The predicted octanol–water partition coefficient (Wildman–Crippen LogP) is 9.47. The molecule has 4 heteroatoms. The van der Waals surface area contributed by atoms with Crippen molar-refractivity contribution in [3.8, 4) is 33.9 Å². The van der Waals surface area contributed by atoms with Gasteiger partial charge in [-0.1, -0.05) is 72.8 Å². The zero-order valence-electron chi connectivity index (χ0n) is 22.5. The monoisotopic (exact) mass is 534 g/mol. The van der Waals surface area contributed by atoms with Crippen molar-refractivity contribution in [2.75, 3.05) is 0 Å². The quantitative estimate of drug-likeness (QED) is 0.221. The number of para-hydroxylation sites is 4. The highest BCUT2D eigenvalue weighted by Crippen LogP contribution is 2.50. The van der Waals surface area contributed by atoms with Crippen LogP contribution in [0.5, 0.6) is 0 Å². The van der Waals surface area contributed by atoms with E-state index in [2.05, 4.69) is 130 Å². The van der Waals surface area contributed by atoms with E-state index >= 15 is 0 Å². The normalized spacial score (nSPS) is 12.3. The van der Waals surface area contributed by atoms with Crippen LogP contribution in [-0.2, 0) is 0 Å². The van der Waals surface area contributed by atoms with E-state index in [1.165, 1.54) is 54.4 Å². The van der Waals surface area contributed by atoms with Crippen molar-refractivity contribution in [3.05, 3.63) is 134 Å². The summed E-state index contributed by atoms with van der Waals surface area (Å²) >= 11 is 0. The van der Waals surface area contributed by atoms with Gasteiger partial charge >= 0.3 is 0 Å². The van der Waals surface area contributed by atoms with Gasteiger partial charge in [-0.15, -0.1) is 0 Å². The molecule has 9 aromatic rings. The molecule has 0 saturated carbocycles. The number of benzene rings is 6. The fourth-order valence-electron chi connectivity index (χ4n) is 7.32. The summed E-state index contributed by atoms with van der Waals surface area (Å²) in [7, 11) is 0. The van der Waals surface area contributed by atoms with E-state index in [1.54, 1.807) is 12.4 Å². The number of rotatable bonds is 2. The van der Waals surface area contributed by atoms with Gasteiger partial charge in [0.05, 0.1) is 44.8 Å². The first-order valence-corrected chi connectivity index (χ1v) is 14.3. The van der Waals surface area contributed by atoms with Gasteiger partial charge in [0, 0.05) is 55.8 Å². The summed E-state index contributed by atoms with van der Waals surface area (Å²) in [6.45, 7) is 0. The first-order chi connectivity index (χ1) is 20.9. The first kappa shape index (κ1) is 22.0. The maximum absolute atomic E-state index is 4.81. The first-order valence-electron chi connectivity index (χ1n) is 14.3. The Hall–Kier alpha value is -5.74. The van der Waals surface area contributed by atoms with E-state index in [0.717, 1.165) is 33.9 Å². The second-order valence-corrected chi connectivity index (χ2v) is 11.0. The molecule has 0 saturated heterocycles. The van der Waals surface area contributed by atoms with Gasteiger partial charge in [0.25, 0.3) is 0 Å². The Kier molecular flexibility index (Phi) is 4.15. The molecular formula is C38H22N4. The summed E-state index contributed by atoms with van der Waals surface area (Å²) in [5.41, 5.74) is 11.2. The number of hydrogen-bond acceptors (Lipinski definition) is 2. The Morgan fingerprint density at radius 2 is 0.714 bits per heavy atom. The van der Waals surface area contributed by atoms with Crippen LogP contribution < -0.4 is 0 Å². The average molecular weight is 535 g/mol. The highest BCUT2D eigenvalue weighted by Gasteiger charge is 2.28. The summed E-state index contributed by atoms with van der Waals surface area (Å²) in [5.74, 6) is 0. The molecule has 10 rings (SSSR count). The molecule has 0 amide bonds. The number of fused-ring (bicyclic) bond motifs is 9. The molecule has 6 aromatic carbocycles. The van der Waals surface area contributed by atoms with Crippen molar-refractivity contribution in [2.45, 2.75) is 0 Å². The number of nitrogens with zero attached hydrogens (tertiary/aromatic N) is 4. The highest BCUT2D eigenvalue weighted by atomic mass is 15.0. The molecule has 3 aromatic heterocycles. The molecule has 4 nitrogen and oxygen atoms in total. The maximum Gasteiger partial charge on any atom is 0.0971 e. The SMILES string of the molecule is c1ccc2c(c1)c1ccccc1n2-c1ccc2c3c(ccc(-n4c5ccccc5c5ccccc54)c13)-c1nccnc1-2. The van der Waals surface area contributed by atoms with Crippen LogP contribution in [-0.4, -0.2) is 19.1 Å². The zero-order chi connectivity index (χ0) is 27.4. The smallest absolute Gasteiger partial charge is 0.0971 e. The molecule has 194 valence electrons. The predicted molar refractivity (Wildman–Crippen MR) is 173 cm³/mol. The molecule has 0 fully saturated rings. The van der Waals surface area contributed by atoms with Gasteiger partial charge in [-0.2, -0.15) is 0 Å². The van der Waals surface area contributed by atoms with Crippen LogP contribution in [0.4, 0.5) is 0 Å². The molecule has 0 aliphatic heterocycles. The largest absolute Gasteiger partial charge is 0.309 e. The molecule has 0 N–H and O–H groups in total. The Morgan fingerprint density at radius 1 is 0.357 bits per heavy atom. The van der Waals surface area contributed by atoms with Gasteiger partial charge in [0.15, 0.2) is 0 Å². The number of aromatic nitrogens is 4. The molecular weight excluding hydrogens is 512 g/mol. The lowest BCUT2D eigenvalue weighted by Crippen LogP contribution is -2.01. The van der Waals surface area contributed by atoms with E-state index in [-0.39, 0.29) is 0 Å². The van der Waals surface area contributed by atoms with Crippen molar-refractivity contribution in [1.29, 1.82) is 0 Å². The zero-order valence-corrected chi connectivity index (χ0v) is 22.5. The molecule has 1 aliphatic rings. The minimum atomic E-state index is 0.950. The van der Waals surface area contributed by atoms with Crippen LogP contribution in [0.3, 0.4) is 0 Å². The minimum Gasteiger partial charge on any atom is -0.309 e. The van der Waals surface area contributed by atoms with Crippen molar-refractivity contribution in [2.24, 2.45) is 0 Å². The van der Waals surface area contributed by atoms with E-state index in [4.69, 9.17) is 9.97 Å². The van der Waals surface area contributed by atoms with Crippen LogP contribution in [0.2, 0.25) is 0 Å². The molecule has 0 bridgehead atoms. The highest BCUT2D eigenvalue weighted by molar-refractivity contribution is 6.21. The van der Waals surface area contributed by atoms with Crippen molar-refractivity contribution < 1.29 is 0 Å². The Balaban J connectivity index is 1.45. The summed E-state index contributed by atoms with van der Waals surface area (Å²) in [5, 5.41) is 7.41. The molecule has 0 atom stereocenters. The van der Waals surface area contributed by atoms with Crippen molar-refractivity contribution >= 4 is 54.4 Å². The van der Waals surface area contributed by atoms with Crippen LogP contribution in [0, 0.1) is 0 Å². The third-order valence-electron chi connectivity index (χ3n) is 8.97. The topological polar surface area (TPSA) is 35.6 Å². The van der Waals surface area contributed by atoms with E-state index < -0.39 is 0 Å². The summed E-state index contributed by atoms with van der Waals surface area (Å²) < 4.78 is 4.88. The second-order valence-electron chi connectivity index (χ2n) is 11.0. The molecule has 1 aliphatic carbocycles. The molecule has 0 unspecified atom stereocenters. The lowest BCUT2D eigenvalue weighted by Gasteiger charge is -2.18. The van der Waals surface area contributed by atoms with Crippen molar-refractivity contribution in [1.82, 2.24) is 19.1 Å². The van der Waals surface area contributed by atoms with Gasteiger partial charge in [-0.25, -0.2) is 0 Å². The average Bonchev–Trinajstić information content (AvgIpc) is 3.69. The maximum atomic E-state index is 4.81. The van der Waals surface area contributed by atoms with Gasteiger partial charge < -0.3 is 9.13 Å². The van der Waals surface area contributed by atoms with Gasteiger partial charge in [-0.3, -0.25) is 9.97 Å². The lowest BCUT2D eigenvalue weighted by atomic mass is 9.99. The van der Waals surface area contributed by atoms with Crippen LogP contribution in [0.15, 0.2) is 134 Å². The molecule has 3 heterocycles. The lowest BCUT2D eigenvalue weighted by molar-refractivity contribution is 1.17. The van der Waals surface area contributed by atoms with Gasteiger partial charge in [0.1, 0.15) is 0 Å². The van der Waals surface area contributed by atoms with Crippen LogP contribution >= 0.6 is 0 Å². The summed E-state index contributed by atoms with van der Waals surface area (Å²) in [6.07, 6.45) is 3.59. The molecule has 42 heavy (non-hydrogen) atoms. The van der Waals surface area contributed by atoms with Crippen LogP contribution in [0.25, 0.3) is 88.3 Å². The molecule has 0 spiro atoms.